The van der Waals surface area contributed by atoms with Gasteiger partial charge in [0.25, 0.3) is 0 Å². The quantitative estimate of drug-likeness (QED) is 0.917. The Morgan fingerprint density at radius 2 is 2.29 bits per heavy atom. The Kier molecular flexibility index (Phi) is 4.04. The number of halogens is 1. The SMILES string of the molecule is CCn1nc(C)c(Br)c1COc1ccc2c(c1)CCC2O. The van der Waals surface area contributed by atoms with Crippen molar-refractivity contribution in [1.29, 1.82) is 0 Å². The zero-order valence-corrected chi connectivity index (χ0v) is 13.9. The predicted octanol–water partition coefficient (Wildman–Crippen LogP) is 3.53. The zero-order chi connectivity index (χ0) is 15.0. The lowest BCUT2D eigenvalue weighted by atomic mass is 10.1. The summed E-state index contributed by atoms with van der Waals surface area (Å²) >= 11 is 3.58. The smallest absolute Gasteiger partial charge is 0.131 e. The van der Waals surface area contributed by atoms with E-state index in [1.165, 1.54) is 5.56 Å². The van der Waals surface area contributed by atoms with E-state index in [0.717, 1.165) is 46.6 Å². The van der Waals surface area contributed by atoms with Crippen molar-refractivity contribution in [2.45, 2.75) is 45.9 Å². The van der Waals surface area contributed by atoms with Gasteiger partial charge in [-0.15, -0.1) is 0 Å². The molecule has 112 valence electrons. The van der Waals surface area contributed by atoms with E-state index in [-0.39, 0.29) is 6.10 Å². The molecule has 1 heterocycles. The van der Waals surface area contributed by atoms with Gasteiger partial charge in [0, 0.05) is 6.54 Å². The topological polar surface area (TPSA) is 47.3 Å². The van der Waals surface area contributed by atoms with E-state index in [9.17, 15) is 5.11 Å². The van der Waals surface area contributed by atoms with Gasteiger partial charge < -0.3 is 9.84 Å². The number of aliphatic hydroxyl groups excluding tert-OH is 1. The van der Waals surface area contributed by atoms with Crippen LogP contribution in [0.25, 0.3) is 0 Å². The Balaban J connectivity index is 1.77. The third kappa shape index (κ3) is 2.72. The first-order valence-electron chi connectivity index (χ1n) is 7.25. The summed E-state index contributed by atoms with van der Waals surface area (Å²) in [6.45, 7) is 5.35. The van der Waals surface area contributed by atoms with Crippen LogP contribution in [0.15, 0.2) is 22.7 Å². The van der Waals surface area contributed by atoms with E-state index in [1.807, 2.05) is 29.8 Å². The Morgan fingerprint density at radius 1 is 1.48 bits per heavy atom. The maximum absolute atomic E-state index is 9.83. The Bertz CT molecular complexity index is 667. The monoisotopic (exact) mass is 350 g/mol. The van der Waals surface area contributed by atoms with Crippen LogP contribution in [0.1, 0.15) is 42.0 Å². The van der Waals surface area contributed by atoms with Crippen LogP contribution in [0.3, 0.4) is 0 Å². The molecule has 0 aliphatic heterocycles. The highest BCUT2D eigenvalue weighted by Crippen LogP contribution is 2.33. The Morgan fingerprint density at radius 3 is 3.05 bits per heavy atom. The molecule has 0 fully saturated rings. The highest BCUT2D eigenvalue weighted by atomic mass is 79.9. The van der Waals surface area contributed by atoms with Crippen LogP contribution in [0, 0.1) is 6.92 Å². The number of fused-ring (bicyclic) bond motifs is 1. The molecule has 0 bridgehead atoms. The van der Waals surface area contributed by atoms with Gasteiger partial charge in [0.05, 0.1) is 22.0 Å². The summed E-state index contributed by atoms with van der Waals surface area (Å²) in [5.74, 6) is 0.844. The number of aliphatic hydroxyl groups is 1. The number of hydrogen-bond acceptors (Lipinski definition) is 3. The molecule has 1 unspecified atom stereocenters. The highest BCUT2D eigenvalue weighted by molar-refractivity contribution is 9.10. The number of nitrogens with zero attached hydrogens (tertiary/aromatic N) is 2. The molecule has 1 aromatic carbocycles. The second-order valence-corrected chi connectivity index (χ2v) is 6.16. The van der Waals surface area contributed by atoms with Crippen LogP contribution in [0.4, 0.5) is 0 Å². The van der Waals surface area contributed by atoms with E-state index >= 15 is 0 Å². The first-order valence-corrected chi connectivity index (χ1v) is 8.05. The molecular weight excluding hydrogens is 332 g/mol. The molecule has 2 aromatic rings. The van der Waals surface area contributed by atoms with Crippen molar-refractivity contribution < 1.29 is 9.84 Å². The number of rotatable bonds is 4. The van der Waals surface area contributed by atoms with Crippen LogP contribution in [-0.4, -0.2) is 14.9 Å². The van der Waals surface area contributed by atoms with Crippen molar-refractivity contribution in [3.63, 3.8) is 0 Å². The molecule has 0 spiro atoms. The van der Waals surface area contributed by atoms with Crippen molar-refractivity contribution in [2.75, 3.05) is 0 Å². The van der Waals surface area contributed by atoms with Gasteiger partial charge in [-0.05, 0) is 65.9 Å². The molecule has 0 saturated carbocycles. The summed E-state index contributed by atoms with van der Waals surface area (Å²) < 4.78 is 8.89. The lowest BCUT2D eigenvalue weighted by Gasteiger charge is -2.10. The third-order valence-corrected chi connectivity index (χ3v) is 5.02. The zero-order valence-electron chi connectivity index (χ0n) is 12.3. The van der Waals surface area contributed by atoms with Crippen LogP contribution in [0.2, 0.25) is 0 Å². The summed E-state index contributed by atoms with van der Waals surface area (Å²) in [4.78, 5) is 0. The van der Waals surface area contributed by atoms with Gasteiger partial charge in [-0.25, -0.2) is 0 Å². The van der Waals surface area contributed by atoms with Gasteiger partial charge in [0.15, 0.2) is 0 Å². The minimum atomic E-state index is -0.313. The lowest BCUT2D eigenvalue weighted by molar-refractivity contribution is 0.180. The van der Waals surface area contributed by atoms with Gasteiger partial charge in [0.2, 0.25) is 0 Å². The molecule has 0 radical (unpaired) electrons. The average Bonchev–Trinajstić information content (AvgIpc) is 2.98. The molecule has 1 aliphatic rings. The summed E-state index contributed by atoms with van der Waals surface area (Å²) in [6.07, 6.45) is 1.42. The fraction of sp³-hybridized carbons (Fsp3) is 0.438. The predicted molar refractivity (Wildman–Crippen MR) is 84.4 cm³/mol. The third-order valence-electron chi connectivity index (χ3n) is 3.99. The summed E-state index contributed by atoms with van der Waals surface area (Å²) in [5.41, 5.74) is 4.26. The standard InChI is InChI=1S/C16H19BrN2O2/c1-3-19-14(16(17)10(2)18-19)9-21-12-5-6-13-11(8-12)4-7-15(13)20/h5-6,8,15,20H,3-4,7,9H2,1-2H3. The lowest BCUT2D eigenvalue weighted by Crippen LogP contribution is -2.06. The molecule has 1 aliphatic carbocycles. The van der Waals surface area contributed by atoms with Gasteiger partial charge in [-0.2, -0.15) is 5.10 Å². The van der Waals surface area contributed by atoms with E-state index in [0.29, 0.717) is 6.61 Å². The summed E-state index contributed by atoms with van der Waals surface area (Å²) in [7, 11) is 0. The first-order chi connectivity index (χ1) is 10.1. The first kappa shape index (κ1) is 14.6. The average molecular weight is 351 g/mol. The molecule has 1 N–H and O–H groups in total. The largest absolute Gasteiger partial charge is 0.487 e. The molecule has 21 heavy (non-hydrogen) atoms. The molecule has 5 heteroatoms. The van der Waals surface area contributed by atoms with Crippen molar-refractivity contribution in [3.8, 4) is 5.75 Å². The van der Waals surface area contributed by atoms with Crippen LogP contribution in [-0.2, 0) is 19.6 Å². The number of ether oxygens (including phenoxy) is 1. The fourth-order valence-corrected chi connectivity index (χ4v) is 3.22. The number of aromatic nitrogens is 2. The van der Waals surface area contributed by atoms with Gasteiger partial charge >= 0.3 is 0 Å². The van der Waals surface area contributed by atoms with Crippen molar-refractivity contribution >= 4 is 15.9 Å². The second-order valence-electron chi connectivity index (χ2n) is 5.37. The number of aryl methyl sites for hydroxylation is 3. The van der Waals surface area contributed by atoms with Crippen molar-refractivity contribution in [1.82, 2.24) is 9.78 Å². The Hall–Kier alpha value is -1.33. The highest BCUT2D eigenvalue weighted by Gasteiger charge is 2.20. The molecular formula is C16H19BrN2O2. The summed E-state index contributed by atoms with van der Waals surface area (Å²) in [6, 6.07) is 5.94. The molecule has 1 atom stereocenters. The molecule has 4 nitrogen and oxygen atoms in total. The van der Waals surface area contributed by atoms with Crippen molar-refractivity contribution in [3.05, 3.63) is 45.2 Å². The number of benzene rings is 1. The second kappa shape index (κ2) is 5.81. The van der Waals surface area contributed by atoms with Crippen LogP contribution < -0.4 is 4.74 Å². The minimum Gasteiger partial charge on any atom is -0.487 e. The van der Waals surface area contributed by atoms with Gasteiger partial charge in [-0.3, -0.25) is 4.68 Å². The summed E-state index contributed by atoms with van der Waals surface area (Å²) in [5, 5.41) is 14.3. The van der Waals surface area contributed by atoms with E-state index in [4.69, 9.17) is 4.74 Å². The van der Waals surface area contributed by atoms with Crippen molar-refractivity contribution in [2.24, 2.45) is 0 Å². The normalized spacial score (nSPS) is 17.0. The molecule has 1 aromatic heterocycles. The van der Waals surface area contributed by atoms with Gasteiger partial charge in [0.1, 0.15) is 12.4 Å². The van der Waals surface area contributed by atoms with Gasteiger partial charge in [-0.1, -0.05) is 6.07 Å². The Labute approximate surface area is 132 Å². The maximum atomic E-state index is 9.83. The minimum absolute atomic E-state index is 0.313. The maximum Gasteiger partial charge on any atom is 0.131 e. The van der Waals surface area contributed by atoms with Crippen LogP contribution in [0.5, 0.6) is 5.75 Å². The van der Waals surface area contributed by atoms with E-state index in [1.54, 1.807) is 0 Å². The van der Waals surface area contributed by atoms with E-state index in [2.05, 4.69) is 28.0 Å². The molecule has 0 amide bonds. The molecule has 0 saturated heterocycles. The number of hydrogen-bond donors (Lipinski definition) is 1. The fourth-order valence-electron chi connectivity index (χ4n) is 2.82. The van der Waals surface area contributed by atoms with Crippen LogP contribution >= 0.6 is 15.9 Å². The van der Waals surface area contributed by atoms with E-state index < -0.39 is 0 Å². The molecule has 3 rings (SSSR count).